The molecule has 2 heteroatoms. The molecule has 0 aromatic rings. The van der Waals surface area contributed by atoms with E-state index in [1.54, 1.807) is 0 Å². The largest absolute Gasteiger partial charge is 0.462 e. The zero-order valence-electron chi connectivity index (χ0n) is 16.0. The van der Waals surface area contributed by atoms with Crippen molar-refractivity contribution in [1.82, 2.24) is 0 Å². The van der Waals surface area contributed by atoms with Gasteiger partial charge in [-0.05, 0) is 62.2 Å². The van der Waals surface area contributed by atoms with Gasteiger partial charge in [0.25, 0.3) is 0 Å². The molecular weight excluding hydrogens is 296 g/mol. The second-order valence-electron chi connectivity index (χ2n) is 8.92. The van der Waals surface area contributed by atoms with Gasteiger partial charge in [0.1, 0.15) is 6.10 Å². The average Bonchev–Trinajstić information content (AvgIpc) is 2.63. The highest BCUT2D eigenvalue weighted by Gasteiger charge is 2.40. The summed E-state index contributed by atoms with van der Waals surface area (Å²) in [5.41, 5.74) is 0. The van der Waals surface area contributed by atoms with Gasteiger partial charge in [0.05, 0.1) is 5.92 Å². The van der Waals surface area contributed by atoms with E-state index in [-0.39, 0.29) is 18.0 Å². The molecule has 1 saturated heterocycles. The molecule has 0 N–H and O–H groups in total. The Morgan fingerprint density at radius 3 is 2.00 bits per heavy atom. The minimum absolute atomic E-state index is 0.155. The van der Waals surface area contributed by atoms with Crippen LogP contribution in [0, 0.1) is 29.6 Å². The molecule has 2 atom stereocenters. The van der Waals surface area contributed by atoms with Gasteiger partial charge in [0, 0.05) is 0 Å². The second-order valence-corrected chi connectivity index (χ2v) is 8.92. The van der Waals surface area contributed by atoms with Gasteiger partial charge in [-0.15, -0.1) is 0 Å². The van der Waals surface area contributed by atoms with Gasteiger partial charge in [-0.2, -0.15) is 0 Å². The van der Waals surface area contributed by atoms with Crippen LogP contribution in [0.1, 0.15) is 97.3 Å². The van der Waals surface area contributed by atoms with Crippen LogP contribution in [0.2, 0.25) is 0 Å². The van der Waals surface area contributed by atoms with E-state index in [1.165, 1.54) is 70.6 Å². The molecule has 2 aliphatic carbocycles. The Bertz CT molecular complexity index is 389. The van der Waals surface area contributed by atoms with Gasteiger partial charge in [-0.1, -0.05) is 58.8 Å². The third kappa shape index (κ3) is 4.35. The Kier molecular flexibility index (Phi) is 6.63. The van der Waals surface area contributed by atoms with Gasteiger partial charge in [0.2, 0.25) is 0 Å². The molecule has 138 valence electrons. The molecule has 3 rings (SSSR count). The zero-order chi connectivity index (χ0) is 16.9. The van der Waals surface area contributed by atoms with Crippen LogP contribution in [-0.2, 0) is 9.53 Å². The molecule has 0 amide bonds. The lowest BCUT2D eigenvalue weighted by molar-refractivity contribution is -0.168. The summed E-state index contributed by atoms with van der Waals surface area (Å²) >= 11 is 0. The number of hydrogen-bond donors (Lipinski definition) is 0. The lowest BCUT2D eigenvalue weighted by Crippen LogP contribution is -2.40. The van der Waals surface area contributed by atoms with Gasteiger partial charge in [-0.3, -0.25) is 4.79 Å². The normalized spacial score (nSPS) is 41.0. The van der Waals surface area contributed by atoms with Crippen LogP contribution < -0.4 is 0 Å². The Labute approximate surface area is 149 Å². The van der Waals surface area contributed by atoms with Crippen molar-refractivity contribution in [3.05, 3.63) is 0 Å². The van der Waals surface area contributed by atoms with E-state index in [4.69, 9.17) is 4.74 Å². The molecule has 0 aromatic heterocycles. The van der Waals surface area contributed by atoms with Crippen LogP contribution in [0.15, 0.2) is 0 Å². The van der Waals surface area contributed by atoms with Crippen LogP contribution in [0.5, 0.6) is 0 Å². The number of hydrogen-bond acceptors (Lipinski definition) is 2. The maximum absolute atomic E-state index is 12.6. The van der Waals surface area contributed by atoms with Crippen molar-refractivity contribution in [1.29, 1.82) is 0 Å². The van der Waals surface area contributed by atoms with Crippen molar-refractivity contribution >= 4 is 5.97 Å². The first kappa shape index (κ1) is 18.3. The minimum Gasteiger partial charge on any atom is -0.462 e. The summed E-state index contributed by atoms with van der Waals surface area (Å²) < 4.78 is 6.00. The van der Waals surface area contributed by atoms with E-state index in [1.807, 2.05) is 0 Å². The number of cyclic esters (lactones) is 1. The molecular formula is C22H38O2. The van der Waals surface area contributed by atoms with Gasteiger partial charge < -0.3 is 4.74 Å². The summed E-state index contributed by atoms with van der Waals surface area (Å²) in [7, 11) is 0. The Balaban J connectivity index is 1.45. The van der Waals surface area contributed by atoms with Crippen molar-refractivity contribution in [3.8, 4) is 0 Å². The lowest BCUT2D eigenvalue weighted by Gasteiger charge is -2.40. The number of esters is 1. The quantitative estimate of drug-likeness (QED) is 0.565. The van der Waals surface area contributed by atoms with Crippen molar-refractivity contribution in [2.45, 2.75) is 103 Å². The van der Waals surface area contributed by atoms with E-state index in [9.17, 15) is 4.79 Å². The Hall–Kier alpha value is -0.530. The van der Waals surface area contributed by atoms with Crippen LogP contribution >= 0.6 is 0 Å². The van der Waals surface area contributed by atoms with Crippen LogP contribution in [0.4, 0.5) is 0 Å². The number of carbonyl (C=O) groups is 1. The highest BCUT2D eigenvalue weighted by atomic mass is 16.5. The molecule has 3 fully saturated rings. The number of rotatable bonds is 5. The smallest absolute Gasteiger partial charge is 0.309 e. The Morgan fingerprint density at radius 1 is 0.792 bits per heavy atom. The van der Waals surface area contributed by atoms with Gasteiger partial charge in [0.15, 0.2) is 0 Å². The molecule has 1 aliphatic heterocycles. The third-order valence-electron chi connectivity index (χ3n) is 7.48. The van der Waals surface area contributed by atoms with E-state index < -0.39 is 0 Å². The number of carbonyl (C=O) groups excluding carboxylic acids is 1. The fourth-order valence-corrected chi connectivity index (χ4v) is 5.77. The Morgan fingerprint density at radius 2 is 1.42 bits per heavy atom. The van der Waals surface area contributed by atoms with E-state index in [2.05, 4.69) is 13.8 Å². The average molecular weight is 335 g/mol. The maximum atomic E-state index is 12.6. The predicted octanol–water partition coefficient (Wildman–Crippen LogP) is 6.13. The van der Waals surface area contributed by atoms with Crippen molar-refractivity contribution < 1.29 is 9.53 Å². The van der Waals surface area contributed by atoms with Gasteiger partial charge in [-0.25, -0.2) is 0 Å². The molecule has 0 spiro atoms. The molecule has 3 aliphatic rings. The molecule has 24 heavy (non-hydrogen) atoms. The lowest BCUT2D eigenvalue weighted by atomic mass is 9.71. The van der Waals surface area contributed by atoms with E-state index in [0.29, 0.717) is 11.8 Å². The molecule has 2 nitrogen and oxygen atoms in total. The van der Waals surface area contributed by atoms with Crippen molar-refractivity contribution in [2.24, 2.45) is 29.6 Å². The standard InChI is InChI=1S/C22H38O2/c1-3-5-17-8-12-19(13-9-17)21-15-14-20(22(23)24-21)18-10-6-16(4-2)7-11-18/h16-21H,3-15H2,1-2H3/t16?,17-,18?,19-,20-,21-/m0/s1. The highest BCUT2D eigenvalue weighted by Crippen LogP contribution is 2.42. The van der Waals surface area contributed by atoms with Crippen molar-refractivity contribution in [3.63, 3.8) is 0 Å². The number of ether oxygens (including phenoxy) is 1. The highest BCUT2D eigenvalue weighted by molar-refractivity contribution is 5.73. The fraction of sp³-hybridized carbons (Fsp3) is 0.955. The summed E-state index contributed by atoms with van der Waals surface area (Å²) in [6.07, 6.45) is 16.9. The van der Waals surface area contributed by atoms with Crippen LogP contribution in [0.25, 0.3) is 0 Å². The van der Waals surface area contributed by atoms with E-state index in [0.717, 1.165) is 24.7 Å². The molecule has 2 saturated carbocycles. The minimum atomic E-state index is 0.155. The fourth-order valence-electron chi connectivity index (χ4n) is 5.77. The second kappa shape index (κ2) is 8.72. The summed E-state index contributed by atoms with van der Waals surface area (Å²) in [5.74, 6) is 3.48. The monoisotopic (exact) mass is 334 g/mol. The van der Waals surface area contributed by atoms with E-state index >= 15 is 0 Å². The summed E-state index contributed by atoms with van der Waals surface area (Å²) in [4.78, 5) is 12.6. The molecule has 1 heterocycles. The van der Waals surface area contributed by atoms with Crippen LogP contribution in [-0.4, -0.2) is 12.1 Å². The summed E-state index contributed by atoms with van der Waals surface area (Å²) in [6, 6.07) is 0. The maximum Gasteiger partial charge on any atom is 0.309 e. The van der Waals surface area contributed by atoms with Crippen LogP contribution in [0.3, 0.4) is 0 Å². The third-order valence-corrected chi connectivity index (χ3v) is 7.48. The first-order valence-electron chi connectivity index (χ1n) is 10.9. The molecule has 0 unspecified atom stereocenters. The first-order chi connectivity index (χ1) is 11.7. The zero-order valence-corrected chi connectivity index (χ0v) is 16.0. The first-order valence-corrected chi connectivity index (χ1v) is 10.9. The predicted molar refractivity (Wildman–Crippen MR) is 98.7 cm³/mol. The summed E-state index contributed by atoms with van der Waals surface area (Å²) in [5, 5.41) is 0. The van der Waals surface area contributed by atoms with Crippen molar-refractivity contribution in [2.75, 3.05) is 0 Å². The molecule has 0 bridgehead atoms. The summed E-state index contributed by atoms with van der Waals surface area (Å²) in [6.45, 7) is 4.60. The topological polar surface area (TPSA) is 26.3 Å². The SMILES string of the molecule is CCC[C@H]1CC[C@H]([C@@H]2CC[C@@H](C3CCC(CC)CC3)C(=O)O2)CC1. The molecule has 0 aromatic carbocycles. The molecule has 0 radical (unpaired) electrons. The van der Waals surface area contributed by atoms with Gasteiger partial charge >= 0.3 is 5.97 Å².